The van der Waals surface area contributed by atoms with Crippen LogP contribution < -0.4 is 10.6 Å². The van der Waals surface area contributed by atoms with Gasteiger partial charge in [-0.05, 0) is 54.7 Å². The number of anilines is 1. The summed E-state index contributed by atoms with van der Waals surface area (Å²) < 4.78 is 0. The average Bonchev–Trinajstić information content (AvgIpc) is 2.67. The van der Waals surface area contributed by atoms with Crippen molar-refractivity contribution in [3.8, 4) is 0 Å². The first kappa shape index (κ1) is 21.9. The highest BCUT2D eigenvalue weighted by atomic mass is 35.5. The molecule has 1 fully saturated rings. The zero-order chi connectivity index (χ0) is 21.1. The molecule has 1 amide bonds. The first-order valence-electron chi connectivity index (χ1n) is 10.1. The first-order valence-corrected chi connectivity index (χ1v) is 10.8. The molecule has 1 aliphatic rings. The van der Waals surface area contributed by atoms with Crippen LogP contribution in [0.25, 0.3) is 0 Å². The van der Waals surface area contributed by atoms with Crippen molar-refractivity contribution in [2.24, 2.45) is 11.7 Å². The molecule has 1 saturated heterocycles. The summed E-state index contributed by atoms with van der Waals surface area (Å²) in [5, 5.41) is 1.41. The van der Waals surface area contributed by atoms with Crippen molar-refractivity contribution in [2.45, 2.75) is 39.3 Å². The van der Waals surface area contributed by atoms with Gasteiger partial charge in [0.05, 0.1) is 22.8 Å². The van der Waals surface area contributed by atoms with E-state index in [1.54, 1.807) is 0 Å². The lowest BCUT2D eigenvalue weighted by Crippen LogP contribution is -2.54. The average molecular weight is 434 g/mol. The van der Waals surface area contributed by atoms with Crippen molar-refractivity contribution in [2.75, 3.05) is 24.5 Å². The number of carbonyl (C=O) groups is 1. The number of hydrogen-bond acceptors (Lipinski definition) is 3. The number of aryl methyl sites for hydroxylation is 1. The summed E-state index contributed by atoms with van der Waals surface area (Å²) in [5.74, 6) is 0.404. The Morgan fingerprint density at radius 1 is 1.14 bits per heavy atom. The standard InChI is InChI=1S/C23H29Cl2N3O/c1-15(2)12-20(26)23(29)27-10-11-28(21-9-4-16(3)13-19(21)25)22(14-27)17-5-7-18(24)8-6-17/h4-9,13,15,20,22H,10-12,14,26H2,1-3H3/t20-,22-/m0/s1. The molecule has 0 saturated carbocycles. The molecule has 0 unspecified atom stereocenters. The number of carbonyl (C=O) groups excluding carboxylic acids is 1. The number of rotatable bonds is 5. The lowest BCUT2D eigenvalue weighted by atomic mass is 9.99. The van der Waals surface area contributed by atoms with Gasteiger partial charge in [0.2, 0.25) is 5.91 Å². The second kappa shape index (κ2) is 9.38. The Morgan fingerprint density at radius 3 is 2.45 bits per heavy atom. The van der Waals surface area contributed by atoms with E-state index < -0.39 is 6.04 Å². The van der Waals surface area contributed by atoms with Crippen LogP contribution in [0.2, 0.25) is 10.0 Å². The second-order valence-corrected chi connectivity index (χ2v) is 9.08. The Kier molecular flexibility index (Phi) is 7.10. The molecule has 0 aliphatic carbocycles. The third kappa shape index (κ3) is 5.25. The van der Waals surface area contributed by atoms with Crippen LogP contribution in [0.1, 0.15) is 37.4 Å². The van der Waals surface area contributed by atoms with Crippen molar-refractivity contribution in [3.63, 3.8) is 0 Å². The third-order valence-electron chi connectivity index (χ3n) is 5.40. The van der Waals surface area contributed by atoms with Gasteiger partial charge in [0.25, 0.3) is 0 Å². The summed E-state index contributed by atoms with van der Waals surface area (Å²) in [6.07, 6.45) is 0.689. The smallest absolute Gasteiger partial charge is 0.239 e. The van der Waals surface area contributed by atoms with E-state index in [1.807, 2.05) is 42.2 Å². The number of amides is 1. The van der Waals surface area contributed by atoms with Crippen molar-refractivity contribution < 1.29 is 4.79 Å². The van der Waals surface area contributed by atoms with Crippen LogP contribution in [-0.4, -0.2) is 36.5 Å². The van der Waals surface area contributed by atoms with Gasteiger partial charge in [-0.25, -0.2) is 0 Å². The molecule has 156 valence electrons. The molecule has 2 aromatic rings. The summed E-state index contributed by atoms with van der Waals surface area (Å²) in [6, 6.07) is 13.4. The molecule has 0 spiro atoms. The van der Waals surface area contributed by atoms with E-state index in [1.165, 1.54) is 0 Å². The van der Waals surface area contributed by atoms with E-state index in [2.05, 4.69) is 30.9 Å². The first-order chi connectivity index (χ1) is 13.8. The van der Waals surface area contributed by atoms with E-state index in [0.29, 0.717) is 37.0 Å². The van der Waals surface area contributed by atoms with Crippen LogP contribution in [0.5, 0.6) is 0 Å². The number of nitrogens with zero attached hydrogens (tertiary/aromatic N) is 2. The summed E-state index contributed by atoms with van der Waals surface area (Å²) in [4.78, 5) is 17.1. The van der Waals surface area contributed by atoms with Gasteiger partial charge in [-0.3, -0.25) is 4.79 Å². The number of benzene rings is 2. The Labute approximate surface area is 183 Å². The van der Waals surface area contributed by atoms with Crippen LogP contribution in [-0.2, 0) is 4.79 Å². The fourth-order valence-corrected chi connectivity index (χ4v) is 4.40. The molecule has 1 heterocycles. The van der Waals surface area contributed by atoms with Gasteiger partial charge in [0, 0.05) is 24.7 Å². The predicted molar refractivity (Wildman–Crippen MR) is 122 cm³/mol. The van der Waals surface area contributed by atoms with Gasteiger partial charge in [-0.15, -0.1) is 0 Å². The van der Waals surface area contributed by atoms with Crippen LogP contribution in [0, 0.1) is 12.8 Å². The van der Waals surface area contributed by atoms with Crippen molar-refractivity contribution >= 4 is 34.8 Å². The number of piperazine rings is 1. The molecule has 29 heavy (non-hydrogen) atoms. The molecular formula is C23H29Cl2N3O. The Hall–Kier alpha value is -1.75. The van der Waals surface area contributed by atoms with Gasteiger partial charge >= 0.3 is 0 Å². The Balaban J connectivity index is 1.90. The molecule has 4 nitrogen and oxygen atoms in total. The Bertz CT molecular complexity index is 854. The number of hydrogen-bond donors (Lipinski definition) is 1. The van der Waals surface area contributed by atoms with Gasteiger partial charge in [0.1, 0.15) is 0 Å². The molecule has 0 aromatic heterocycles. The maximum Gasteiger partial charge on any atom is 0.239 e. The van der Waals surface area contributed by atoms with E-state index in [0.717, 1.165) is 21.8 Å². The molecule has 0 bridgehead atoms. The molecule has 1 aliphatic heterocycles. The highest BCUT2D eigenvalue weighted by molar-refractivity contribution is 6.33. The van der Waals surface area contributed by atoms with Gasteiger partial charge in [-0.1, -0.05) is 55.2 Å². The van der Waals surface area contributed by atoms with Crippen LogP contribution in [0.15, 0.2) is 42.5 Å². The summed E-state index contributed by atoms with van der Waals surface area (Å²) in [7, 11) is 0. The van der Waals surface area contributed by atoms with Crippen molar-refractivity contribution in [3.05, 3.63) is 63.6 Å². The third-order valence-corrected chi connectivity index (χ3v) is 5.96. The maximum absolute atomic E-state index is 13.0. The minimum atomic E-state index is -0.463. The van der Waals surface area contributed by atoms with Crippen LogP contribution >= 0.6 is 23.2 Å². The maximum atomic E-state index is 13.0. The number of nitrogens with two attached hydrogens (primary N) is 1. The van der Waals surface area contributed by atoms with Gasteiger partial charge < -0.3 is 15.5 Å². The zero-order valence-electron chi connectivity index (χ0n) is 17.2. The topological polar surface area (TPSA) is 49.6 Å². The summed E-state index contributed by atoms with van der Waals surface area (Å²) >= 11 is 12.7. The normalized spacial score (nSPS) is 18.2. The molecular weight excluding hydrogens is 405 g/mol. The van der Waals surface area contributed by atoms with Crippen molar-refractivity contribution in [1.29, 1.82) is 0 Å². The van der Waals surface area contributed by atoms with E-state index >= 15 is 0 Å². The molecule has 6 heteroatoms. The minimum absolute atomic E-state index is 0.0172. The minimum Gasteiger partial charge on any atom is -0.360 e. The quantitative estimate of drug-likeness (QED) is 0.715. The fraction of sp³-hybridized carbons (Fsp3) is 0.435. The van der Waals surface area contributed by atoms with Crippen LogP contribution in [0.3, 0.4) is 0 Å². The van der Waals surface area contributed by atoms with Crippen LogP contribution in [0.4, 0.5) is 5.69 Å². The monoisotopic (exact) mass is 433 g/mol. The second-order valence-electron chi connectivity index (χ2n) is 8.24. The molecule has 3 rings (SSSR count). The van der Waals surface area contributed by atoms with Gasteiger partial charge in [0.15, 0.2) is 0 Å². The SMILES string of the molecule is Cc1ccc(N2CCN(C(=O)[C@@H](N)CC(C)C)C[C@H]2c2ccc(Cl)cc2)c(Cl)c1. The van der Waals surface area contributed by atoms with Crippen molar-refractivity contribution in [1.82, 2.24) is 4.90 Å². The van der Waals surface area contributed by atoms with E-state index in [4.69, 9.17) is 28.9 Å². The molecule has 0 radical (unpaired) electrons. The molecule has 2 N–H and O–H groups in total. The fourth-order valence-electron chi connectivity index (χ4n) is 3.93. The van der Waals surface area contributed by atoms with E-state index in [9.17, 15) is 4.79 Å². The lowest BCUT2D eigenvalue weighted by molar-refractivity contribution is -0.133. The van der Waals surface area contributed by atoms with E-state index in [-0.39, 0.29) is 11.9 Å². The molecule has 2 aromatic carbocycles. The highest BCUT2D eigenvalue weighted by Crippen LogP contribution is 2.36. The zero-order valence-corrected chi connectivity index (χ0v) is 18.7. The number of halogens is 2. The lowest BCUT2D eigenvalue weighted by Gasteiger charge is -2.44. The highest BCUT2D eigenvalue weighted by Gasteiger charge is 2.33. The predicted octanol–water partition coefficient (Wildman–Crippen LogP) is 5.07. The summed E-state index contributed by atoms with van der Waals surface area (Å²) in [5.41, 5.74) is 9.40. The summed E-state index contributed by atoms with van der Waals surface area (Å²) in [6.45, 7) is 8.08. The largest absolute Gasteiger partial charge is 0.360 e. The Morgan fingerprint density at radius 2 is 1.83 bits per heavy atom. The van der Waals surface area contributed by atoms with Gasteiger partial charge in [-0.2, -0.15) is 0 Å². The molecule has 2 atom stereocenters.